The van der Waals surface area contributed by atoms with E-state index in [2.05, 4.69) is 29.0 Å². The van der Waals surface area contributed by atoms with Crippen molar-refractivity contribution < 1.29 is 4.79 Å². The first-order chi connectivity index (χ1) is 9.22. The van der Waals surface area contributed by atoms with Crippen molar-refractivity contribution in [3.63, 3.8) is 0 Å². The largest absolute Gasteiger partial charge is 0.339 e. The first-order valence-electron chi connectivity index (χ1n) is 7.96. The number of carbonyl (C=O) groups is 1. The summed E-state index contributed by atoms with van der Waals surface area (Å²) < 4.78 is 0. The quantitative estimate of drug-likeness (QED) is 0.837. The van der Waals surface area contributed by atoms with Crippen LogP contribution in [0.15, 0.2) is 0 Å². The molecule has 1 N–H and O–H groups in total. The third-order valence-electron chi connectivity index (χ3n) is 4.65. The maximum atomic E-state index is 12.6. The molecule has 19 heavy (non-hydrogen) atoms. The van der Waals surface area contributed by atoms with Gasteiger partial charge in [0.2, 0.25) is 5.91 Å². The van der Waals surface area contributed by atoms with Gasteiger partial charge in [-0.3, -0.25) is 9.69 Å². The molecule has 1 amide bonds. The normalized spacial score (nSPS) is 26.3. The molecule has 0 aromatic heterocycles. The van der Waals surface area contributed by atoms with E-state index in [1.165, 1.54) is 32.1 Å². The molecule has 4 nitrogen and oxygen atoms in total. The topological polar surface area (TPSA) is 35.6 Å². The maximum absolute atomic E-state index is 12.6. The summed E-state index contributed by atoms with van der Waals surface area (Å²) in [5.41, 5.74) is 0. The highest BCUT2D eigenvalue weighted by molar-refractivity contribution is 5.78. The molecule has 0 bridgehead atoms. The van der Waals surface area contributed by atoms with Gasteiger partial charge in [-0.05, 0) is 26.7 Å². The van der Waals surface area contributed by atoms with E-state index in [0.717, 1.165) is 26.2 Å². The Kier molecular flexibility index (Phi) is 5.64. The maximum Gasteiger partial charge on any atom is 0.236 e. The Morgan fingerprint density at radius 2 is 2.05 bits per heavy atom. The molecule has 1 unspecified atom stereocenters. The zero-order valence-corrected chi connectivity index (χ0v) is 12.5. The van der Waals surface area contributed by atoms with Crippen LogP contribution in [0.5, 0.6) is 0 Å². The van der Waals surface area contributed by atoms with E-state index >= 15 is 0 Å². The van der Waals surface area contributed by atoms with Gasteiger partial charge in [0.15, 0.2) is 0 Å². The second-order valence-corrected chi connectivity index (χ2v) is 6.00. The fourth-order valence-electron chi connectivity index (χ4n) is 3.41. The van der Waals surface area contributed by atoms with Gasteiger partial charge < -0.3 is 10.2 Å². The zero-order valence-electron chi connectivity index (χ0n) is 12.5. The van der Waals surface area contributed by atoms with Crippen LogP contribution >= 0.6 is 0 Å². The van der Waals surface area contributed by atoms with Crippen molar-refractivity contribution >= 4 is 5.91 Å². The second kappa shape index (κ2) is 7.25. The molecule has 0 aromatic rings. The average Bonchev–Trinajstić information content (AvgIpc) is 2.43. The van der Waals surface area contributed by atoms with Gasteiger partial charge in [0.05, 0.1) is 6.54 Å². The highest BCUT2D eigenvalue weighted by atomic mass is 16.2. The summed E-state index contributed by atoms with van der Waals surface area (Å²) >= 11 is 0. The van der Waals surface area contributed by atoms with Gasteiger partial charge in [0.1, 0.15) is 0 Å². The lowest BCUT2D eigenvalue weighted by molar-refractivity contribution is -0.135. The first-order valence-corrected chi connectivity index (χ1v) is 7.96. The summed E-state index contributed by atoms with van der Waals surface area (Å²) in [5, 5.41) is 3.38. The van der Waals surface area contributed by atoms with Gasteiger partial charge in [-0.2, -0.15) is 0 Å². The third-order valence-corrected chi connectivity index (χ3v) is 4.65. The number of piperazine rings is 1. The van der Waals surface area contributed by atoms with Crippen LogP contribution in [-0.2, 0) is 4.79 Å². The number of nitrogens with zero attached hydrogens (tertiary/aromatic N) is 2. The lowest BCUT2D eigenvalue weighted by Crippen LogP contribution is -2.54. The van der Waals surface area contributed by atoms with Crippen molar-refractivity contribution in [2.45, 2.75) is 58.0 Å². The summed E-state index contributed by atoms with van der Waals surface area (Å²) in [6.07, 6.45) is 6.33. The van der Waals surface area contributed by atoms with Crippen LogP contribution < -0.4 is 5.32 Å². The van der Waals surface area contributed by atoms with Crippen molar-refractivity contribution in [1.29, 1.82) is 0 Å². The zero-order chi connectivity index (χ0) is 13.7. The Hall–Kier alpha value is -0.610. The fourth-order valence-corrected chi connectivity index (χ4v) is 3.41. The average molecular weight is 267 g/mol. The molecule has 1 saturated heterocycles. The number of nitrogens with one attached hydrogen (secondary N) is 1. The highest BCUT2D eigenvalue weighted by Crippen LogP contribution is 2.22. The van der Waals surface area contributed by atoms with E-state index in [1.807, 2.05) is 0 Å². The molecular weight excluding hydrogens is 238 g/mol. The van der Waals surface area contributed by atoms with Crippen LogP contribution in [0.25, 0.3) is 0 Å². The van der Waals surface area contributed by atoms with E-state index < -0.39 is 0 Å². The Morgan fingerprint density at radius 1 is 1.32 bits per heavy atom. The second-order valence-electron chi connectivity index (χ2n) is 6.00. The Labute approximate surface area is 117 Å². The van der Waals surface area contributed by atoms with Crippen LogP contribution in [-0.4, -0.2) is 60.5 Å². The summed E-state index contributed by atoms with van der Waals surface area (Å²) in [6, 6.07) is 0.979. The van der Waals surface area contributed by atoms with Crippen molar-refractivity contribution in [3.05, 3.63) is 0 Å². The highest BCUT2D eigenvalue weighted by Gasteiger charge is 2.27. The Bertz CT molecular complexity index is 289. The predicted molar refractivity (Wildman–Crippen MR) is 78.2 cm³/mol. The summed E-state index contributed by atoms with van der Waals surface area (Å²) in [4.78, 5) is 17.0. The monoisotopic (exact) mass is 267 g/mol. The Morgan fingerprint density at radius 3 is 2.68 bits per heavy atom. The molecule has 4 heteroatoms. The molecule has 2 fully saturated rings. The van der Waals surface area contributed by atoms with Crippen molar-refractivity contribution in [2.75, 3.05) is 32.7 Å². The van der Waals surface area contributed by atoms with Crippen molar-refractivity contribution in [3.8, 4) is 0 Å². The molecule has 0 radical (unpaired) electrons. The number of hydrogen-bond donors (Lipinski definition) is 1. The molecule has 1 atom stereocenters. The van der Waals surface area contributed by atoms with E-state index in [4.69, 9.17) is 0 Å². The van der Waals surface area contributed by atoms with Crippen LogP contribution in [0, 0.1) is 0 Å². The lowest BCUT2D eigenvalue weighted by Gasteiger charge is -2.38. The fraction of sp³-hybridized carbons (Fsp3) is 0.933. The van der Waals surface area contributed by atoms with Crippen molar-refractivity contribution in [1.82, 2.24) is 15.1 Å². The standard InChI is InChI=1S/C15H29N3O/c1-3-18(14-7-5-4-6-8-14)15(19)12-17-10-9-16-11-13(17)2/h13-14,16H,3-12H2,1-2H3. The van der Waals surface area contributed by atoms with Gasteiger partial charge in [0.25, 0.3) is 0 Å². The van der Waals surface area contributed by atoms with Gasteiger partial charge in [-0.15, -0.1) is 0 Å². The smallest absolute Gasteiger partial charge is 0.236 e. The Balaban J connectivity index is 1.88. The minimum absolute atomic E-state index is 0.336. The van der Waals surface area contributed by atoms with Crippen molar-refractivity contribution in [2.24, 2.45) is 0 Å². The van der Waals surface area contributed by atoms with E-state index in [9.17, 15) is 4.79 Å². The molecule has 0 spiro atoms. The van der Waals surface area contributed by atoms with Crippen LogP contribution in [0.4, 0.5) is 0 Å². The summed E-state index contributed by atoms with van der Waals surface area (Å²) in [7, 11) is 0. The summed E-state index contributed by atoms with van der Waals surface area (Å²) in [6.45, 7) is 8.80. The number of rotatable bonds is 4. The molecule has 0 aromatic carbocycles. The minimum atomic E-state index is 0.336. The predicted octanol–water partition coefficient (Wildman–Crippen LogP) is 1.46. The molecule has 2 rings (SSSR count). The van der Waals surface area contributed by atoms with E-state index in [1.54, 1.807) is 0 Å². The molecule has 1 saturated carbocycles. The van der Waals surface area contributed by atoms with E-state index in [0.29, 0.717) is 24.5 Å². The lowest BCUT2D eigenvalue weighted by atomic mass is 9.94. The van der Waals surface area contributed by atoms with Gasteiger partial charge >= 0.3 is 0 Å². The summed E-state index contributed by atoms with van der Waals surface area (Å²) in [5.74, 6) is 0.336. The minimum Gasteiger partial charge on any atom is -0.339 e. The van der Waals surface area contributed by atoms with Gasteiger partial charge in [-0.25, -0.2) is 0 Å². The van der Waals surface area contributed by atoms with E-state index in [-0.39, 0.29) is 0 Å². The SMILES string of the molecule is CCN(C(=O)CN1CCNCC1C)C1CCCCC1. The number of amides is 1. The number of hydrogen-bond acceptors (Lipinski definition) is 3. The third kappa shape index (κ3) is 3.93. The number of carbonyl (C=O) groups excluding carboxylic acids is 1. The molecule has 1 heterocycles. The van der Waals surface area contributed by atoms with Crippen LogP contribution in [0.2, 0.25) is 0 Å². The number of likely N-dealkylation sites (N-methyl/N-ethyl adjacent to an activating group) is 1. The molecule has 110 valence electrons. The first kappa shape index (κ1) is 14.8. The molecule has 1 aliphatic heterocycles. The van der Waals surface area contributed by atoms with Gasteiger partial charge in [-0.1, -0.05) is 19.3 Å². The van der Waals surface area contributed by atoms with Crippen LogP contribution in [0.1, 0.15) is 46.0 Å². The van der Waals surface area contributed by atoms with Crippen LogP contribution in [0.3, 0.4) is 0 Å². The van der Waals surface area contributed by atoms with Gasteiger partial charge in [0, 0.05) is 38.3 Å². The molecular formula is C15H29N3O. The molecule has 2 aliphatic rings. The molecule has 1 aliphatic carbocycles.